The molecule has 1 amide bonds. The van der Waals surface area contributed by atoms with Crippen molar-refractivity contribution in [2.24, 2.45) is 5.92 Å². The molecule has 2 aromatic rings. The van der Waals surface area contributed by atoms with Crippen molar-refractivity contribution >= 4 is 23.3 Å². The third-order valence-corrected chi connectivity index (χ3v) is 5.17. The maximum Gasteiger partial charge on any atom is 0.312 e. The van der Waals surface area contributed by atoms with Crippen LogP contribution >= 0.6 is 0 Å². The number of nitrogens with zero attached hydrogens (tertiary/aromatic N) is 1. The van der Waals surface area contributed by atoms with Crippen molar-refractivity contribution in [2.75, 3.05) is 32.8 Å². The predicted octanol–water partition coefficient (Wildman–Crippen LogP) is 2.88. The van der Waals surface area contributed by atoms with E-state index < -0.39 is 18.0 Å². The molecule has 31 heavy (non-hydrogen) atoms. The zero-order chi connectivity index (χ0) is 22.5. The highest BCUT2D eigenvalue weighted by Crippen LogP contribution is 2.36. The first-order chi connectivity index (χ1) is 14.9. The van der Waals surface area contributed by atoms with Crippen molar-refractivity contribution in [3.05, 3.63) is 48.0 Å². The monoisotopic (exact) mass is 427 g/mol. The Morgan fingerprint density at radius 2 is 1.61 bits per heavy atom. The van der Waals surface area contributed by atoms with Crippen LogP contribution in [0.5, 0.6) is 17.2 Å². The van der Waals surface area contributed by atoms with Gasteiger partial charge in [0.15, 0.2) is 6.10 Å². The average Bonchev–Trinajstić information content (AvgIpc) is 3.19. The summed E-state index contributed by atoms with van der Waals surface area (Å²) in [5.41, 5.74) is 0.958. The van der Waals surface area contributed by atoms with Crippen LogP contribution in [0.2, 0.25) is 0 Å². The van der Waals surface area contributed by atoms with E-state index in [1.807, 2.05) is 0 Å². The zero-order valence-corrected chi connectivity index (χ0v) is 17.9. The van der Waals surface area contributed by atoms with Crippen molar-refractivity contribution in [3.63, 3.8) is 0 Å². The van der Waals surface area contributed by atoms with E-state index in [2.05, 4.69) is 0 Å². The summed E-state index contributed by atoms with van der Waals surface area (Å²) in [5.74, 6) is -0.129. The standard InChI is InChI=1S/C23H25NO7/c1-14(22(26)15-5-7-17(28-2)8-6-15)31-23(27)16-11-21(25)24(13-16)19-10-9-18(29-3)12-20(19)30-4/h5-10,12,14,16H,11,13H2,1-4H3/t14-,16-/m0/s1. The van der Waals surface area contributed by atoms with Crippen molar-refractivity contribution in [2.45, 2.75) is 19.4 Å². The molecule has 0 aromatic heterocycles. The Kier molecular flexibility index (Phi) is 6.79. The van der Waals surface area contributed by atoms with Crippen molar-refractivity contribution in [3.8, 4) is 17.2 Å². The smallest absolute Gasteiger partial charge is 0.312 e. The van der Waals surface area contributed by atoms with Crippen LogP contribution in [0.4, 0.5) is 5.69 Å². The molecule has 0 unspecified atom stereocenters. The third-order valence-electron chi connectivity index (χ3n) is 5.17. The molecule has 1 heterocycles. The Bertz CT molecular complexity index is 970. The Morgan fingerprint density at radius 3 is 2.23 bits per heavy atom. The number of ketones is 1. The fourth-order valence-electron chi connectivity index (χ4n) is 3.42. The minimum absolute atomic E-state index is 0.00252. The van der Waals surface area contributed by atoms with Crippen LogP contribution in [0.3, 0.4) is 0 Å². The molecule has 0 aliphatic carbocycles. The predicted molar refractivity (Wildman–Crippen MR) is 113 cm³/mol. The Hall–Kier alpha value is -3.55. The van der Waals surface area contributed by atoms with Crippen LogP contribution < -0.4 is 19.1 Å². The number of carbonyl (C=O) groups excluding carboxylic acids is 3. The number of hydrogen-bond acceptors (Lipinski definition) is 7. The zero-order valence-electron chi connectivity index (χ0n) is 17.9. The lowest BCUT2D eigenvalue weighted by Crippen LogP contribution is -2.30. The summed E-state index contributed by atoms with van der Waals surface area (Å²) >= 11 is 0. The van der Waals surface area contributed by atoms with Gasteiger partial charge in [-0.25, -0.2) is 0 Å². The van der Waals surface area contributed by atoms with Gasteiger partial charge in [0.1, 0.15) is 17.2 Å². The fraction of sp³-hybridized carbons (Fsp3) is 0.348. The molecule has 0 spiro atoms. The lowest BCUT2D eigenvalue weighted by molar-refractivity contribution is -0.151. The van der Waals surface area contributed by atoms with Crippen LogP contribution in [0, 0.1) is 5.92 Å². The van der Waals surface area contributed by atoms with Crippen LogP contribution in [-0.2, 0) is 14.3 Å². The summed E-state index contributed by atoms with van der Waals surface area (Å²) in [6.45, 7) is 1.66. The second-order valence-corrected chi connectivity index (χ2v) is 7.12. The number of methoxy groups -OCH3 is 3. The van der Waals surface area contributed by atoms with Gasteiger partial charge in [0.25, 0.3) is 0 Å². The van der Waals surface area contributed by atoms with Gasteiger partial charge in [-0.05, 0) is 43.3 Å². The van der Waals surface area contributed by atoms with Crippen LogP contribution in [0.1, 0.15) is 23.7 Å². The summed E-state index contributed by atoms with van der Waals surface area (Å²) < 4.78 is 21.0. The molecule has 1 aliphatic rings. The molecule has 2 aromatic carbocycles. The molecular formula is C23H25NO7. The molecule has 8 heteroatoms. The molecule has 3 rings (SSSR count). The third kappa shape index (κ3) is 4.79. The molecule has 0 N–H and O–H groups in total. The minimum Gasteiger partial charge on any atom is -0.497 e. The number of carbonyl (C=O) groups is 3. The average molecular weight is 427 g/mol. The summed E-state index contributed by atoms with van der Waals surface area (Å²) in [6, 6.07) is 11.6. The van der Waals surface area contributed by atoms with Gasteiger partial charge in [-0.15, -0.1) is 0 Å². The maximum atomic E-state index is 12.6. The molecule has 8 nitrogen and oxygen atoms in total. The number of Topliss-reactive ketones (excluding diaryl/α,β-unsaturated/α-hetero) is 1. The van der Waals surface area contributed by atoms with Gasteiger partial charge in [-0.2, -0.15) is 0 Å². The van der Waals surface area contributed by atoms with Crippen LogP contribution in [-0.4, -0.2) is 51.6 Å². The van der Waals surface area contributed by atoms with E-state index >= 15 is 0 Å². The van der Waals surface area contributed by atoms with Gasteiger partial charge < -0.3 is 23.8 Å². The number of rotatable bonds is 8. The second kappa shape index (κ2) is 9.51. The van der Waals surface area contributed by atoms with Crippen molar-refractivity contribution in [1.29, 1.82) is 0 Å². The molecule has 0 radical (unpaired) electrons. The Labute approximate surface area is 180 Å². The summed E-state index contributed by atoms with van der Waals surface area (Å²) in [7, 11) is 4.57. The van der Waals surface area contributed by atoms with Gasteiger partial charge in [0, 0.05) is 24.6 Å². The van der Waals surface area contributed by atoms with Crippen LogP contribution in [0.25, 0.3) is 0 Å². The number of esters is 1. The van der Waals surface area contributed by atoms with E-state index in [0.717, 1.165) is 0 Å². The van der Waals surface area contributed by atoms with Gasteiger partial charge in [-0.1, -0.05) is 0 Å². The van der Waals surface area contributed by atoms with E-state index in [1.54, 1.807) is 42.5 Å². The van der Waals surface area contributed by atoms with Crippen molar-refractivity contribution < 1.29 is 33.3 Å². The van der Waals surface area contributed by atoms with Crippen LogP contribution in [0.15, 0.2) is 42.5 Å². The Balaban J connectivity index is 1.66. The summed E-state index contributed by atoms with van der Waals surface area (Å²) in [5, 5.41) is 0. The Morgan fingerprint density at radius 1 is 0.968 bits per heavy atom. The number of benzene rings is 2. The van der Waals surface area contributed by atoms with Gasteiger partial charge in [0.05, 0.1) is 32.9 Å². The highest BCUT2D eigenvalue weighted by molar-refractivity contribution is 6.02. The molecule has 1 saturated heterocycles. The summed E-state index contributed by atoms with van der Waals surface area (Å²) in [4.78, 5) is 39.3. The van der Waals surface area contributed by atoms with Gasteiger partial charge >= 0.3 is 5.97 Å². The van der Waals surface area contributed by atoms with E-state index in [1.165, 1.54) is 33.2 Å². The van der Waals surface area contributed by atoms with Gasteiger partial charge in [0.2, 0.25) is 11.7 Å². The number of ether oxygens (including phenoxy) is 4. The first-order valence-electron chi connectivity index (χ1n) is 9.79. The highest BCUT2D eigenvalue weighted by atomic mass is 16.5. The molecule has 1 aliphatic heterocycles. The molecule has 2 atom stereocenters. The fourth-order valence-corrected chi connectivity index (χ4v) is 3.42. The largest absolute Gasteiger partial charge is 0.497 e. The molecule has 164 valence electrons. The minimum atomic E-state index is -0.972. The number of amides is 1. The van der Waals surface area contributed by atoms with E-state index in [4.69, 9.17) is 18.9 Å². The number of hydrogen-bond donors (Lipinski definition) is 0. The van der Waals surface area contributed by atoms with Crippen molar-refractivity contribution in [1.82, 2.24) is 0 Å². The number of anilines is 1. The molecule has 0 saturated carbocycles. The first-order valence-corrected chi connectivity index (χ1v) is 9.79. The molecule has 0 bridgehead atoms. The molecular weight excluding hydrogens is 402 g/mol. The topological polar surface area (TPSA) is 91.4 Å². The normalized spacial score (nSPS) is 16.6. The highest BCUT2D eigenvalue weighted by Gasteiger charge is 2.38. The van der Waals surface area contributed by atoms with Gasteiger partial charge in [-0.3, -0.25) is 14.4 Å². The second-order valence-electron chi connectivity index (χ2n) is 7.12. The lowest BCUT2D eigenvalue weighted by Gasteiger charge is -2.20. The lowest BCUT2D eigenvalue weighted by atomic mass is 10.1. The quantitative estimate of drug-likeness (QED) is 0.473. The first kappa shape index (κ1) is 22.1. The van der Waals surface area contributed by atoms with E-state index in [0.29, 0.717) is 28.5 Å². The summed E-state index contributed by atoms with van der Waals surface area (Å²) in [6.07, 6.45) is -0.974. The maximum absolute atomic E-state index is 12.6. The van der Waals surface area contributed by atoms with E-state index in [-0.39, 0.29) is 24.7 Å². The SMILES string of the molecule is COc1ccc(C(=O)[C@H](C)OC(=O)[C@H]2CC(=O)N(c3ccc(OC)cc3OC)C2)cc1. The molecule has 1 fully saturated rings. The van der Waals surface area contributed by atoms with E-state index in [9.17, 15) is 14.4 Å².